The minimum atomic E-state index is -1.11. The van der Waals surface area contributed by atoms with Gasteiger partial charge in [-0.25, -0.2) is 4.79 Å². The Labute approximate surface area is 234 Å². The van der Waals surface area contributed by atoms with Crippen molar-refractivity contribution < 1.29 is 38.1 Å². The number of carbonyl (C=O) groups excluding carboxylic acids is 3. The number of benzene rings is 2. The topological polar surface area (TPSA) is 110 Å². The molecule has 9 heteroatoms. The highest BCUT2D eigenvalue weighted by Crippen LogP contribution is 2.50. The molecule has 0 spiro atoms. The summed E-state index contributed by atoms with van der Waals surface area (Å²) in [7, 11) is 4.62. The zero-order valence-electron chi connectivity index (χ0n) is 23.7. The number of ketones is 1. The van der Waals surface area contributed by atoms with Gasteiger partial charge < -0.3 is 23.7 Å². The fraction of sp³-hybridized carbons (Fsp3) is 0.419. The summed E-state index contributed by atoms with van der Waals surface area (Å²) in [5.74, 6) is -3.25. The number of methoxy groups -OCH3 is 3. The molecule has 1 heterocycles. The van der Waals surface area contributed by atoms with Crippen LogP contribution in [0.4, 0.5) is 0 Å². The Morgan fingerprint density at radius 2 is 1.60 bits per heavy atom. The number of esters is 2. The van der Waals surface area contributed by atoms with Gasteiger partial charge >= 0.3 is 11.9 Å². The number of nitrogens with zero attached hydrogens (tertiary/aromatic N) is 1. The van der Waals surface area contributed by atoms with Crippen molar-refractivity contribution in [2.24, 2.45) is 16.8 Å². The van der Waals surface area contributed by atoms with E-state index in [1.54, 1.807) is 59.3 Å². The van der Waals surface area contributed by atoms with Crippen LogP contribution >= 0.6 is 0 Å². The van der Waals surface area contributed by atoms with Gasteiger partial charge in [0.25, 0.3) is 0 Å². The maximum atomic E-state index is 14.5. The highest BCUT2D eigenvalue weighted by molar-refractivity contribution is 6.18. The maximum Gasteiger partial charge on any atom is 0.336 e. The van der Waals surface area contributed by atoms with Gasteiger partial charge in [0.1, 0.15) is 23.2 Å². The summed E-state index contributed by atoms with van der Waals surface area (Å²) < 4.78 is 27.3. The van der Waals surface area contributed by atoms with Gasteiger partial charge in [-0.15, -0.1) is 0 Å². The Bertz CT molecular complexity index is 1360. The molecule has 0 amide bonds. The second kappa shape index (κ2) is 12.4. The average molecular weight is 550 g/mol. The predicted molar refractivity (Wildman–Crippen MR) is 148 cm³/mol. The first-order valence-corrected chi connectivity index (χ1v) is 13.3. The molecule has 0 radical (unpaired) electrons. The molecular formula is C31H35NO8. The summed E-state index contributed by atoms with van der Waals surface area (Å²) in [4.78, 5) is 46.0. The van der Waals surface area contributed by atoms with E-state index in [1.165, 1.54) is 7.11 Å². The molecule has 1 aliphatic carbocycles. The minimum absolute atomic E-state index is 0.127. The number of rotatable bonds is 9. The first kappa shape index (κ1) is 28.9. The number of hydrogen-bond donors (Lipinski definition) is 0. The second-order valence-corrected chi connectivity index (χ2v) is 9.61. The van der Waals surface area contributed by atoms with Gasteiger partial charge in [-0.05, 0) is 51.0 Å². The van der Waals surface area contributed by atoms with E-state index >= 15 is 0 Å². The number of fused-ring (bicyclic) bond motifs is 1. The van der Waals surface area contributed by atoms with E-state index in [1.807, 2.05) is 18.2 Å². The number of ether oxygens (including phenoxy) is 5. The third-order valence-electron chi connectivity index (χ3n) is 7.48. The summed E-state index contributed by atoms with van der Waals surface area (Å²) in [6.07, 6.45) is 0.315. The largest absolute Gasteiger partial charge is 0.497 e. The van der Waals surface area contributed by atoms with Crippen LogP contribution in [0.15, 0.2) is 58.7 Å². The van der Waals surface area contributed by atoms with Crippen LogP contribution in [-0.2, 0) is 23.9 Å². The van der Waals surface area contributed by atoms with Crippen molar-refractivity contribution in [1.29, 1.82) is 0 Å². The van der Waals surface area contributed by atoms with Crippen molar-refractivity contribution in [3.05, 3.63) is 64.9 Å². The molecule has 4 atom stereocenters. The Hall–Kier alpha value is -4.14. The molecular weight excluding hydrogens is 514 g/mol. The first-order valence-electron chi connectivity index (χ1n) is 13.3. The van der Waals surface area contributed by atoms with Gasteiger partial charge in [0.2, 0.25) is 0 Å². The standard InChI is InChI=1S/C31H35NO8/c1-7-39-30(34)25-17(3)32-23-16-22(18-10-9-11-19(14-18)36-4)27(31(35)40-8-2)29(33)28(23)26(25)21-13-12-20(37-5)15-24(21)38-6/h9-15,22,26-28H,7-8,16H2,1-6H3/t22-,26-,27+,28?/m1/s1. The lowest BCUT2D eigenvalue weighted by Gasteiger charge is -2.41. The maximum absolute atomic E-state index is 14.5. The van der Waals surface area contributed by atoms with Gasteiger partial charge in [0.15, 0.2) is 5.78 Å². The molecule has 1 saturated carbocycles. The zero-order chi connectivity index (χ0) is 29.0. The summed E-state index contributed by atoms with van der Waals surface area (Å²) in [5.41, 5.74) is 2.67. The molecule has 2 aliphatic rings. The number of aliphatic imine (C=N–C) groups is 1. The number of carbonyl (C=O) groups is 3. The average Bonchev–Trinajstić information content (AvgIpc) is 2.96. The van der Waals surface area contributed by atoms with Crippen LogP contribution in [0.2, 0.25) is 0 Å². The van der Waals surface area contributed by atoms with E-state index in [9.17, 15) is 14.4 Å². The number of Topliss-reactive ketones (excluding diaryl/α,β-unsaturated/α-hetero) is 1. The smallest absolute Gasteiger partial charge is 0.336 e. The third kappa shape index (κ3) is 5.33. The molecule has 1 fully saturated rings. The SMILES string of the molecule is CCOC(=O)C1=C(C)N=C2C[C@H](c3cccc(OC)c3)[C@H](C(=O)OCC)C(=O)C2[C@@H]1c1ccc(OC)cc1OC. The first-order chi connectivity index (χ1) is 19.3. The van der Waals surface area contributed by atoms with Crippen molar-refractivity contribution >= 4 is 23.4 Å². The minimum Gasteiger partial charge on any atom is -0.497 e. The molecule has 4 rings (SSSR count). The molecule has 0 N–H and O–H groups in total. The quantitative estimate of drug-likeness (QED) is 0.329. The van der Waals surface area contributed by atoms with Crippen molar-refractivity contribution in [3.8, 4) is 17.2 Å². The molecule has 212 valence electrons. The molecule has 2 aromatic rings. The summed E-state index contributed by atoms with van der Waals surface area (Å²) in [5, 5.41) is 0. The molecule has 0 saturated heterocycles. The van der Waals surface area contributed by atoms with Crippen LogP contribution in [-0.4, -0.2) is 58.0 Å². The molecule has 0 bridgehead atoms. The Morgan fingerprint density at radius 3 is 2.25 bits per heavy atom. The van der Waals surface area contributed by atoms with Crippen LogP contribution in [0, 0.1) is 11.8 Å². The van der Waals surface area contributed by atoms with Crippen molar-refractivity contribution in [2.75, 3.05) is 34.5 Å². The molecule has 40 heavy (non-hydrogen) atoms. The normalized spacial score (nSPS) is 22.1. The van der Waals surface area contributed by atoms with E-state index in [0.29, 0.717) is 40.6 Å². The van der Waals surface area contributed by atoms with E-state index in [2.05, 4.69) is 0 Å². The van der Waals surface area contributed by atoms with E-state index in [-0.39, 0.29) is 24.6 Å². The van der Waals surface area contributed by atoms with Crippen molar-refractivity contribution in [3.63, 3.8) is 0 Å². The van der Waals surface area contributed by atoms with E-state index in [0.717, 1.165) is 5.56 Å². The van der Waals surface area contributed by atoms with Crippen molar-refractivity contribution in [2.45, 2.75) is 39.0 Å². The highest BCUT2D eigenvalue weighted by atomic mass is 16.5. The van der Waals surface area contributed by atoms with Gasteiger partial charge in [-0.3, -0.25) is 14.6 Å². The van der Waals surface area contributed by atoms with Crippen LogP contribution in [0.1, 0.15) is 50.2 Å². The fourth-order valence-corrected chi connectivity index (χ4v) is 5.75. The molecule has 9 nitrogen and oxygen atoms in total. The van der Waals surface area contributed by atoms with Gasteiger partial charge in [-0.1, -0.05) is 18.2 Å². The van der Waals surface area contributed by atoms with Crippen LogP contribution in [0.5, 0.6) is 17.2 Å². The number of allylic oxidation sites excluding steroid dienone is 1. The lowest BCUT2D eigenvalue weighted by Crippen LogP contribution is -2.48. The van der Waals surface area contributed by atoms with Crippen LogP contribution in [0.25, 0.3) is 0 Å². The van der Waals surface area contributed by atoms with E-state index in [4.69, 9.17) is 28.7 Å². The third-order valence-corrected chi connectivity index (χ3v) is 7.48. The Balaban J connectivity index is 1.93. The summed E-state index contributed by atoms with van der Waals surface area (Å²) >= 11 is 0. The lowest BCUT2D eigenvalue weighted by molar-refractivity contribution is -0.153. The number of hydrogen-bond acceptors (Lipinski definition) is 9. The Morgan fingerprint density at radius 1 is 0.900 bits per heavy atom. The second-order valence-electron chi connectivity index (χ2n) is 9.61. The summed E-state index contributed by atoms with van der Waals surface area (Å²) in [6, 6.07) is 12.5. The van der Waals surface area contributed by atoms with Gasteiger partial charge in [-0.2, -0.15) is 0 Å². The van der Waals surface area contributed by atoms with Crippen molar-refractivity contribution in [1.82, 2.24) is 0 Å². The van der Waals surface area contributed by atoms with Crippen LogP contribution < -0.4 is 14.2 Å². The Kier molecular flexibility index (Phi) is 8.92. The highest BCUT2D eigenvalue weighted by Gasteiger charge is 2.53. The zero-order valence-corrected chi connectivity index (χ0v) is 23.7. The van der Waals surface area contributed by atoms with Gasteiger partial charge in [0.05, 0.1) is 46.0 Å². The summed E-state index contributed by atoms with van der Waals surface area (Å²) in [6.45, 7) is 5.44. The molecule has 2 aromatic carbocycles. The van der Waals surface area contributed by atoms with Gasteiger partial charge in [0, 0.05) is 34.9 Å². The van der Waals surface area contributed by atoms with Crippen LogP contribution in [0.3, 0.4) is 0 Å². The molecule has 1 aliphatic heterocycles. The fourth-order valence-electron chi connectivity index (χ4n) is 5.75. The predicted octanol–water partition coefficient (Wildman–Crippen LogP) is 4.64. The monoisotopic (exact) mass is 549 g/mol. The van der Waals surface area contributed by atoms with E-state index < -0.39 is 35.6 Å². The molecule has 0 aromatic heterocycles. The lowest BCUT2D eigenvalue weighted by atomic mass is 9.62. The molecule has 1 unspecified atom stereocenters.